The number of aromatic nitrogens is 3. The largest absolute Gasteiger partial charge is 0.368 e. The van der Waals surface area contributed by atoms with Crippen LogP contribution in [-0.4, -0.2) is 41.0 Å². The third-order valence-corrected chi connectivity index (χ3v) is 4.39. The molecule has 3 aromatic rings. The highest BCUT2D eigenvalue weighted by molar-refractivity contribution is 5.85. The zero-order valence-corrected chi connectivity index (χ0v) is 15.1. The van der Waals surface area contributed by atoms with Crippen LogP contribution >= 0.6 is 0 Å². The van der Waals surface area contributed by atoms with Gasteiger partial charge in [0.2, 0.25) is 11.9 Å². The topological polar surface area (TPSA) is 71.2 Å². The number of fused-ring (bicyclic) bond motifs is 1. The zero-order valence-electron chi connectivity index (χ0n) is 15.1. The summed E-state index contributed by atoms with van der Waals surface area (Å²) in [5.41, 5.74) is 7.13. The highest BCUT2D eigenvalue weighted by Gasteiger charge is 2.18. The molecule has 6 heteroatoms. The third kappa shape index (κ3) is 3.69. The second-order valence-corrected chi connectivity index (χ2v) is 6.48. The van der Waals surface area contributed by atoms with Gasteiger partial charge in [0.05, 0.1) is 6.04 Å². The first kappa shape index (κ1) is 17.1. The van der Waals surface area contributed by atoms with Gasteiger partial charge in [-0.05, 0) is 30.3 Å². The van der Waals surface area contributed by atoms with Gasteiger partial charge in [-0.2, -0.15) is 15.0 Å². The number of nitrogen functional groups attached to an aromatic ring is 1. The molecule has 0 aliphatic carbocycles. The Labute approximate surface area is 148 Å². The molecule has 0 spiro atoms. The average Bonchev–Trinajstić information content (AvgIpc) is 2.60. The van der Waals surface area contributed by atoms with E-state index in [2.05, 4.69) is 76.3 Å². The van der Waals surface area contributed by atoms with Crippen LogP contribution in [0.5, 0.6) is 0 Å². The lowest BCUT2D eigenvalue weighted by Gasteiger charge is -2.25. The molecule has 0 aliphatic rings. The van der Waals surface area contributed by atoms with E-state index in [4.69, 9.17) is 5.73 Å². The number of nitrogens with zero attached hydrogens (tertiary/aromatic N) is 5. The van der Waals surface area contributed by atoms with E-state index in [0.717, 1.165) is 6.54 Å². The first-order chi connectivity index (χ1) is 12.0. The first-order valence-electron chi connectivity index (χ1n) is 8.31. The van der Waals surface area contributed by atoms with Crippen molar-refractivity contribution in [2.45, 2.75) is 19.5 Å². The molecule has 0 saturated heterocycles. The van der Waals surface area contributed by atoms with Gasteiger partial charge in [0, 0.05) is 20.6 Å². The minimum atomic E-state index is 0.0166. The molecule has 130 valence electrons. The summed E-state index contributed by atoms with van der Waals surface area (Å²) in [5, 5.41) is 2.52. The highest BCUT2D eigenvalue weighted by Crippen LogP contribution is 2.24. The third-order valence-electron chi connectivity index (χ3n) is 4.39. The minimum absolute atomic E-state index is 0.0166. The predicted octanol–water partition coefficient (Wildman–Crippen LogP) is 2.87. The fourth-order valence-corrected chi connectivity index (χ4v) is 2.82. The van der Waals surface area contributed by atoms with Crippen molar-refractivity contribution in [2.75, 3.05) is 31.8 Å². The lowest BCUT2D eigenvalue weighted by molar-refractivity contribution is 0.244. The summed E-state index contributed by atoms with van der Waals surface area (Å²) >= 11 is 0. The Morgan fingerprint density at radius 1 is 0.960 bits per heavy atom. The lowest BCUT2D eigenvalue weighted by atomic mass is 10.0. The van der Waals surface area contributed by atoms with E-state index in [1.54, 1.807) is 0 Å². The number of benzene rings is 2. The van der Waals surface area contributed by atoms with Crippen LogP contribution in [0.2, 0.25) is 0 Å². The molecule has 0 bridgehead atoms. The van der Waals surface area contributed by atoms with Gasteiger partial charge in [-0.1, -0.05) is 42.5 Å². The Morgan fingerprint density at radius 2 is 1.68 bits per heavy atom. The van der Waals surface area contributed by atoms with E-state index in [-0.39, 0.29) is 12.0 Å². The van der Waals surface area contributed by atoms with E-state index in [1.165, 1.54) is 16.3 Å². The van der Waals surface area contributed by atoms with Crippen molar-refractivity contribution in [1.29, 1.82) is 0 Å². The minimum Gasteiger partial charge on any atom is -0.368 e. The van der Waals surface area contributed by atoms with Gasteiger partial charge in [0.1, 0.15) is 0 Å². The van der Waals surface area contributed by atoms with Gasteiger partial charge in [0.15, 0.2) is 5.82 Å². The maximum atomic E-state index is 5.85. The molecule has 25 heavy (non-hydrogen) atoms. The summed E-state index contributed by atoms with van der Waals surface area (Å²) in [5.74, 6) is 1.51. The Kier molecular flexibility index (Phi) is 4.81. The van der Waals surface area contributed by atoms with E-state index in [1.807, 2.05) is 19.0 Å². The average molecular weight is 336 g/mol. The molecule has 0 aliphatic heterocycles. The highest BCUT2D eigenvalue weighted by atomic mass is 15.3. The standard InChI is InChI=1S/C19H24N6/c1-13(17-21-18(20)23-19(22-17)24(2)3)25(4)12-15-10-7-9-14-8-5-6-11-16(14)15/h5-11,13H,12H2,1-4H3,(H2,20,21,22,23)/t13-/m0/s1. The van der Waals surface area contributed by atoms with Crippen LogP contribution in [0.3, 0.4) is 0 Å². The van der Waals surface area contributed by atoms with Gasteiger partial charge in [0.25, 0.3) is 0 Å². The van der Waals surface area contributed by atoms with Crippen molar-refractivity contribution in [3.63, 3.8) is 0 Å². The fourth-order valence-electron chi connectivity index (χ4n) is 2.82. The maximum absolute atomic E-state index is 5.85. The molecule has 0 unspecified atom stereocenters. The van der Waals surface area contributed by atoms with Crippen LogP contribution in [0, 0.1) is 0 Å². The number of nitrogens with two attached hydrogens (primary N) is 1. The van der Waals surface area contributed by atoms with Gasteiger partial charge >= 0.3 is 0 Å². The molecule has 0 fully saturated rings. The van der Waals surface area contributed by atoms with Gasteiger partial charge in [-0.15, -0.1) is 0 Å². The van der Waals surface area contributed by atoms with Crippen molar-refractivity contribution in [3.8, 4) is 0 Å². The summed E-state index contributed by atoms with van der Waals surface area (Å²) in [4.78, 5) is 17.1. The molecule has 0 saturated carbocycles. The van der Waals surface area contributed by atoms with Gasteiger partial charge in [-0.25, -0.2) is 0 Å². The molecular formula is C19H24N6. The summed E-state index contributed by atoms with van der Waals surface area (Å²) in [6.07, 6.45) is 0. The quantitative estimate of drug-likeness (QED) is 0.772. The van der Waals surface area contributed by atoms with E-state index >= 15 is 0 Å². The summed E-state index contributed by atoms with van der Waals surface area (Å²) in [6, 6.07) is 14.9. The Morgan fingerprint density at radius 3 is 2.44 bits per heavy atom. The van der Waals surface area contributed by atoms with Crippen molar-refractivity contribution >= 4 is 22.7 Å². The van der Waals surface area contributed by atoms with Crippen LogP contribution in [0.1, 0.15) is 24.4 Å². The molecule has 6 nitrogen and oxygen atoms in total. The monoisotopic (exact) mass is 336 g/mol. The Hall–Kier alpha value is -2.73. The smallest absolute Gasteiger partial charge is 0.229 e. The summed E-state index contributed by atoms with van der Waals surface area (Å²) < 4.78 is 0. The van der Waals surface area contributed by atoms with Crippen molar-refractivity contribution in [3.05, 3.63) is 53.9 Å². The molecule has 2 N–H and O–H groups in total. The SMILES string of the molecule is C[C@@H](c1nc(N)nc(N(C)C)n1)N(C)Cc1cccc2ccccc12. The molecule has 3 rings (SSSR count). The van der Waals surface area contributed by atoms with Crippen LogP contribution in [-0.2, 0) is 6.54 Å². The number of hydrogen-bond acceptors (Lipinski definition) is 6. The molecule has 0 amide bonds. The summed E-state index contributed by atoms with van der Waals surface area (Å²) in [6.45, 7) is 2.88. The van der Waals surface area contributed by atoms with Crippen LogP contribution in [0.25, 0.3) is 10.8 Å². The predicted molar refractivity (Wildman–Crippen MR) is 102 cm³/mol. The van der Waals surface area contributed by atoms with Crippen molar-refractivity contribution < 1.29 is 0 Å². The molecule has 0 radical (unpaired) electrons. The fraction of sp³-hybridized carbons (Fsp3) is 0.316. The molecular weight excluding hydrogens is 312 g/mol. The molecule has 1 atom stereocenters. The second kappa shape index (κ2) is 7.03. The van der Waals surface area contributed by atoms with Crippen molar-refractivity contribution in [1.82, 2.24) is 19.9 Å². The molecule has 1 aromatic heterocycles. The van der Waals surface area contributed by atoms with Gasteiger partial charge in [-0.3, -0.25) is 4.90 Å². The number of hydrogen-bond donors (Lipinski definition) is 1. The zero-order chi connectivity index (χ0) is 18.0. The molecule has 2 aromatic carbocycles. The van der Waals surface area contributed by atoms with E-state index in [9.17, 15) is 0 Å². The van der Waals surface area contributed by atoms with Crippen LogP contribution < -0.4 is 10.6 Å². The Bertz CT molecular complexity index is 871. The van der Waals surface area contributed by atoms with Crippen LogP contribution in [0.15, 0.2) is 42.5 Å². The van der Waals surface area contributed by atoms with Crippen LogP contribution in [0.4, 0.5) is 11.9 Å². The second-order valence-electron chi connectivity index (χ2n) is 6.48. The number of anilines is 2. The van der Waals surface area contributed by atoms with E-state index < -0.39 is 0 Å². The molecule has 1 heterocycles. The van der Waals surface area contributed by atoms with E-state index in [0.29, 0.717) is 11.8 Å². The normalized spacial score (nSPS) is 12.5. The number of rotatable bonds is 5. The van der Waals surface area contributed by atoms with Gasteiger partial charge < -0.3 is 10.6 Å². The lowest BCUT2D eigenvalue weighted by Crippen LogP contribution is -2.25. The Balaban J connectivity index is 1.86. The summed E-state index contributed by atoms with van der Waals surface area (Å²) in [7, 11) is 5.85. The maximum Gasteiger partial charge on any atom is 0.229 e. The van der Waals surface area contributed by atoms with Crippen molar-refractivity contribution in [2.24, 2.45) is 0 Å². The first-order valence-corrected chi connectivity index (χ1v) is 8.31.